The van der Waals surface area contributed by atoms with E-state index in [-0.39, 0.29) is 5.41 Å². The molecule has 0 radical (unpaired) electrons. The largest absolute Gasteiger partial charge is 0.507 e. The predicted octanol–water partition coefficient (Wildman–Crippen LogP) is 7.19. The maximum Gasteiger partial charge on any atom is 0.123 e. The second kappa shape index (κ2) is 5.86. The van der Waals surface area contributed by atoms with E-state index in [1.807, 2.05) is 12.1 Å². The van der Waals surface area contributed by atoms with E-state index in [9.17, 15) is 5.11 Å². The molecule has 27 heavy (non-hydrogen) atoms. The molecule has 1 heteroatoms. The van der Waals surface area contributed by atoms with Gasteiger partial charge in [0.25, 0.3) is 0 Å². The molecule has 1 saturated carbocycles. The summed E-state index contributed by atoms with van der Waals surface area (Å²) in [6.07, 6.45) is 7.49. The van der Waals surface area contributed by atoms with E-state index < -0.39 is 0 Å². The summed E-state index contributed by atoms with van der Waals surface area (Å²) in [5.74, 6) is 0.430. The van der Waals surface area contributed by atoms with Gasteiger partial charge in [-0.3, -0.25) is 0 Å². The van der Waals surface area contributed by atoms with Crippen LogP contribution >= 0.6 is 0 Å². The van der Waals surface area contributed by atoms with E-state index in [0.717, 1.165) is 5.39 Å². The Labute approximate surface area is 162 Å². The number of phenols is 1. The molecule has 0 aliphatic heterocycles. The highest BCUT2D eigenvalue weighted by Gasteiger charge is 2.48. The number of aromatic hydroxyl groups is 1. The molecule has 5 rings (SSSR count). The topological polar surface area (TPSA) is 20.2 Å². The second-order valence-electron chi connectivity index (χ2n) is 8.70. The van der Waals surface area contributed by atoms with Crippen molar-refractivity contribution in [2.75, 3.05) is 0 Å². The van der Waals surface area contributed by atoms with Crippen molar-refractivity contribution in [3.8, 4) is 16.9 Å². The summed E-state index contributed by atoms with van der Waals surface area (Å²) in [5, 5.41) is 13.0. The van der Waals surface area contributed by atoms with Gasteiger partial charge in [-0.15, -0.1) is 0 Å². The van der Waals surface area contributed by atoms with Crippen LogP contribution in [0.4, 0.5) is 0 Å². The molecule has 138 valence electrons. The van der Waals surface area contributed by atoms with Gasteiger partial charge in [-0.2, -0.15) is 0 Å². The highest BCUT2D eigenvalue weighted by molar-refractivity contribution is 6.05. The van der Waals surface area contributed by atoms with Crippen molar-refractivity contribution in [2.45, 2.75) is 57.8 Å². The van der Waals surface area contributed by atoms with Crippen LogP contribution in [-0.4, -0.2) is 5.11 Å². The average Bonchev–Trinajstić information content (AvgIpc) is 2.99. The summed E-state index contributed by atoms with van der Waals surface area (Å²) in [5.41, 5.74) is 6.16. The van der Waals surface area contributed by atoms with Gasteiger partial charge in [0.2, 0.25) is 0 Å². The third-order valence-electron chi connectivity index (χ3n) is 7.91. The standard InChI is InChI=1S/C26H28O/c1-3-25(4-2)13-15-26(16-14-25)21-12-8-7-11-20(21)24-19-10-6-5-9-18(19)23(27)17-22(24)26/h5-12,17,27H,3-4,13-16H2,1-2H3. The first kappa shape index (κ1) is 16.9. The Morgan fingerprint density at radius 3 is 2.11 bits per heavy atom. The molecule has 0 unspecified atom stereocenters. The molecule has 0 aromatic heterocycles. The fourth-order valence-electron chi connectivity index (χ4n) is 5.99. The minimum atomic E-state index is 0.0707. The molecule has 0 amide bonds. The van der Waals surface area contributed by atoms with Gasteiger partial charge < -0.3 is 5.11 Å². The molecular formula is C26H28O. The average molecular weight is 357 g/mol. The Morgan fingerprint density at radius 1 is 0.778 bits per heavy atom. The van der Waals surface area contributed by atoms with Gasteiger partial charge in [-0.1, -0.05) is 75.2 Å². The molecule has 1 N–H and O–H groups in total. The van der Waals surface area contributed by atoms with Crippen molar-refractivity contribution in [3.05, 3.63) is 65.7 Å². The zero-order valence-electron chi connectivity index (χ0n) is 16.4. The molecule has 2 aliphatic carbocycles. The van der Waals surface area contributed by atoms with Crippen molar-refractivity contribution in [3.63, 3.8) is 0 Å². The van der Waals surface area contributed by atoms with Gasteiger partial charge in [0.05, 0.1) is 0 Å². The Kier molecular flexibility index (Phi) is 3.66. The van der Waals surface area contributed by atoms with Crippen LogP contribution in [0.2, 0.25) is 0 Å². The molecule has 3 aromatic rings. The molecule has 0 atom stereocenters. The van der Waals surface area contributed by atoms with E-state index in [2.05, 4.69) is 56.3 Å². The number of hydrogen-bond donors (Lipinski definition) is 1. The van der Waals surface area contributed by atoms with Gasteiger partial charge in [0, 0.05) is 10.8 Å². The maximum atomic E-state index is 10.8. The fourth-order valence-corrected chi connectivity index (χ4v) is 5.99. The summed E-state index contributed by atoms with van der Waals surface area (Å²) in [7, 11) is 0. The number of phenolic OH excluding ortho intramolecular Hbond substituents is 1. The molecular weight excluding hydrogens is 328 g/mol. The monoisotopic (exact) mass is 356 g/mol. The van der Waals surface area contributed by atoms with E-state index in [0.29, 0.717) is 11.2 Å². The highest BCUT2D eigenvalue weighted by Crippen LogP contribution is 2.61. The molecule has 0 bridgehead atoms. The zero-order chi connectivity index (χ0) is 18.6. The lowest BCUT2D eigenvalue weighted by Gasteiger charge is -2.45. The van der Waals surface area contributed by atoms with Crippen LogP contribution in [0.5, 0.6) is 5.75 Å². The van der Waals surface area contributed by atoms with Crippen molar-refractivity contribution < 1.29 is 5.11 Å². The van der Waals surface area contributed by atoms with E-state index in [4.69, 9.17) is 0 Å². The fraction of sp³-hybridized carbons (Fsp3) is 0.385. The predicted molar refractivity (Wildman–Crippen MR) is 113 cm³/mol. The minimum absolute atomic E-state index is 0.0707. The summed E-state index contributed by atoms with van der Waals surface area (Å²) in [6.45, 7) is 4.72. The number of rotatable bonds is 2. The molecule has 2 aliphatic rings. The van der Waals surface area contributed by atoms with Crippen molar-refractivity contribution in [1.82, 2.24) is 0 Å². The van der Waals surface area contributed by atoms with Crippen LogP contribution in [0.25, 0.3) is 21.9 Å². The molecule has 0 saturated heterocycles. The number of benzene rings is 3. The van der Waals surface area contributed by atoms with E-state index >= 15 is 0 Å². The van der Waals surface area contributed by atoms with Gasteiger partial charge in [-0.05, 0) is 64.8 Å². The molecule has 3 aromatic carbocycles. The summed E-state index contributed by atoms with van der Waals surface area (Å²) >= 11 is 0. The highest BCUT2D eigenvalue weighted by atomic mass is 16.3. The smallest absolute Gasteiger partial charge is 0.123 e. The van der Waals surface area contributed by atoms with Crippen LogP contribution in [0.3, 0.4) is 0 Å². The van der Waals surface area contributed by atoms with Gasteiger partial charge in [-0.25, -0.2) is 0 Å². The minimum Gasteiger partial charge on any atom is -0.507 e. The normalized spacial score (nSPS) is 19.2. The molecule has 1 fully saturated rings. The van der Waals surface area contributed by atoms with Gasteiger partial charge in [0.15, 0.2) is 0 Å². The van der Waals surface area contributed by atoms with Crippen LogP contribution in [0.15, 0.2) is 54.6 Å². The lowest BCUT2D eigenvalue weighted by Crippen LogP contribution is -2.36. The molecule has 0 heterocycles. The zero-order valence-corrected chi connectivity index (χ0v) is 16.4. The Balaban J connectivity index is 1.77. The SMILES string of the molecule is CCC1(CC)CCC2(CC1)c1ccccc1-c1c2cc(O)c2ccccc12. The van der Waals surface area contributed by atoms with Crippen molar-refractivity contribution in [2.24, 2.45) is 5.41 Å². The Morgan fingerprint density at radius 2 is 1.41 bits per heavy atom. The van der Waals surface area contributed by atoms with Crippen molar-refractivity contribution in [1.29, 1.82) is 0 Å². The first-order chi connectivity index (χ1) is 13.1. The Hall–Kier alpha value is -2.28. The first-order valence-electron chi connectivity index (χ1n) is 10.5. The Bertz CT molecular complexity index is 1020. The quantitative estimate of drug-likeness (QED) is 0.515. The third-order valence-corrected chi connectivity index (χ3v) is 7.91. The van der Waals surface area contributed by atoms with Gasteiger partial charge >= 0.3 is 0 Å². The lowest BCUT2D eigenvalue weighted by molar-refractivity contribution is 0.133. The summed E-state index contributed by atoms with van der Waals surface area (Å²) < 4.78 is 0. The third kappa shape index (κ3) is 2.18. The number of fused-ring (bicyclic) bond motifs is 7. The van der Waals surface area contributed by atoms with Crippen LogP contribution < -0.4 is 0 Å². The van der Waals surface area contributed by atoms with Crippen LogP contribution in [0.1, 0.15) is 63.5 Å². The van der Waals surface area contributed by atoms with Crippen LogP contribution in [-0.2, 0) is 5.41 Å². The summed E-state index contributed by atoms with van der Waals surface area (Å²) in [4.78, 5) is 0. The first-order valence-corrected chi connectivity index (χ1v) is 10.5. The summed E-state index contributed by atoms with van der Waals surface area (Å²) in [6, 6.07) is 19.4. The lowest BCUT2D eigenvalue weighted by atomic mass is 9.58. The maximum absolute atomic E-state index is 10.8. The van der Waals surface area contributed by atoms with Gasteiger partial charge in [0.1, 0.15) is 5.75 Å². The second-order valence-corrected chi connectivity index (χ2v) is 8.70. The molecule has 1 spiro atoms. The van der Waals surface area contributed by atoms with Crippen LogP contribution in [0, 0.1) is 5.41 Å². The number of hydrogen-bond acceptors (Lipinski definition) is 1. The van der Waals surface area contributed by atoms with E-state index in [1.54, 1.807) is 0 Å². The molecule has 1 nitrogen and oxygen atoms in total. The van der Waals surface area contributed by atoms with E-state index in [1.165, 1.54) is 66.2 Å². The van der Waals surface area contributed by atoms with Crippen molar-refractivity contribution >= 4 is 10.8 Å².